The summed E-state index contributed by atoms with van der Waals surface area (Å²) >= 11 is 1.22. The van der Waals surface area contributed by atoms with Crippen LogP contribution in [0.5, 0.6) is 0 Å². The molecule has 0 aliphatic carbocycles. The average molecular weight is 251 g/mol. The first-order valence-corrected chi connectivity index (χ1v) is 6.25. The molecule has 0 spiro atoms. The van der Waals surface area contributed by atoms with Gasteiger partial charge in [-0.2, -0.15) is 5.26 Å². The fourth-order valence-electron chi connectivity index (χ4n) is 1.94. The lowest BCUT2D eigenvalue weighted by Crippen LogP contribution is -1.84. The van der Waals surface area contributed by atoms with Gasteiger partial charge in [0.2, 0.25) is 0 Å². The second kappa shape index (κ2) is 4.13. The summed E-state index contributed by atoms with van der Waals surface area (Å²) in [5.74, 6) is 0. The minimum Gasteiger partial charge on any atom is -0.375 e. The van der Waals surface area contributed by atoms with Crippen LogP contribution in [0.4, 0.5) is 5.13 Å². The van der Waals surface area contributed by atoms with Gasteiger partial charge in [-0.1, -0.05) is 47.7 Å². The van der Waals surface area contributed by atoms with Gasteiger partial charge in [-0.3, -0.25) is 0 Å². The summed E-state index contributed by atoms with van der Waals surface area (Å²) in [5.41, 5.74) is 7.26. The quantitative estimate of drug-likeness (QED) is 0.720. The molecule has 2 N–H and O–H groups in total. The maximum Gasteiger partial charge on any atom is 0.181 e. The predicted molar refractivity (Wildman–Crippen MR) is 74.2 cm³/mol. The molecule has 3 nitrogen and oxygen atoms in total. The summed E-state index contributed by atoms with van der Waals surface area (Å²) in [6.45, 7) is 0. The topological polar surface area (TPSA) is 62.7 Å². The fraction of sp³-hybridized carbons (Fsp3) is 0. The Kier molecular flexibility index (Phi) is 2.47. The van der Waals surface area contributed by atoms with Crippen molar-refractivity contribution >= 4 is 27.2 Å². The molecule has 0 fully saturated rings. The Morgan fingerprint density at radius 2 is 1.89 bits per heavy atom. The minimum absolute atomic E-state index is 0.426. The van der Waals surface area contributed by atoms with Gasteiger partial charge < -0.3 is 5.73 Å². The first-order chi connectivity index (χ1) is 8.78. The van der Waals surface area contributed by atoms with Crippen molar-refractivity contribution in [3.63, 3.8) is 0 Å². The van der Waals surface area contributed by atoms with Crippen LogP contribution in [0.15, 0.2) is 42.5 Å². The number of hydrogen-bond donors (Lipinski definition) is 1. The third kappa shape index (κ3) is 1.71. The normalized spacial score (nSPS) is 10.4. The summed E-state index contributed by atoms with van der Waals surface area (Å²) < 4.78 is 0. The molecule has 0 aliphatic rings. The molecular weight excluding hydrogens is 242 g/mol. The van der Waals surface area contributed by atoms with Gasteiger partial charge >= 0.3 is 0 Å². The van der Waals surface area contributed by atoms with E-state index < -0.39 is 0 Å². The van der Waals surface area contributed by atoms with Crippen LogP contribution in [0.25, 0.3) is 22.0 Å². The van der Waals surface area contributed by atoms with E-state index in [1.807, 2.05) is 36.4 Å². The number of rotatable bonds is 1. The summed E-state index contributed by atoms with van der Waals surface area (Å²) in [5, 5.41) is 11.8. The zero-order valence-corrected chi connectivity index (χ0v) is 10.2. The molecule has 1 heterocycles. The molecule has 2 aromatic carbocycles. The van der Waals surface area contributed by atoms with Gasteiger partial charge in [0.05, 0.1) is 0 Å². The van der Waals surface area contributed by atoms with Crippen LogP contribution in [0, 0.1) is 11.3 Å². The van der Waals surface area contributed by atoms with Crippen molar-refractivity contribution in [3.05, 3.63) is 47.3 Å². The Morgan fingerprint density at radius 1 is 1.11 bits per heavy atom. The van der Waals surface area contributed by atoms with Crippen molar-refractivity contribution in [1.82, 2.24) is 4.98 Å². The van der Waals surface area contributed by atoms with Crippen molar-refractivity contribution in [1.29, 1.82) is 5.26 Å². The van der Waals surface area contributed by atoms with Crippen LogP contribution in [0.1, 0.15) is 4.88 Å². The molecule has 0 unspecified atom stereocenters. The monoisotopic (exact) mass is 251 g/mol. The summed E-state index contributed by atoms with van der Waals surface area (Å²) in [4.78, 5) is 4.79. The van der Waals surface area contributed by atoms with Gasteiger partial charge in [0.25, 0.3) is 0 Å². The second-order valence-electron chi connectivity index (χ2n) is 3.90. The van der Waals surface area contributed by atoms with E-state index in [1.165, 1.54) is 16.7 Å². The van der Waals surface area contributed by atoms with Crippen LogP contribution in [-0.4, -0.2) is 4.98 Å². The smallest absolute Gasteiger partial charge is 0.181 e. The van der Waals surface area contributed by atoms with E-state index in [9.17, 15) is 0 Å². The summed E-state index contributed by atoms with van der Waals surface area (Å²) in [6.07, 6.45) is 0. The molecule has 0 bridgehead atoms. The Hall–Kier alpha value is -2.38. The number of nitrogens with two attached hydrogens (primary N) is 1. The van der Waals surface area contributed by atoms with E-state index in [1.54, 1.807) is 0 Å². The van der Waals surface area contributed by atoms with E-state index in [0.717, 1.165) is 10.9 Å². The van der Waals surface area contributed by atoms with Gasteiger partial charge in [-0.05, 0) is 16.8 Å². The molecule has 86 valence electrons. The Morgan fingerprint density at radius 3 is 2.67 bits per heavy atom. The first kappa shape index (κ1) is 10.8. The average Bonchev–Trinajstić information content (AvgIpc) is 2.79. The SMILES string of the molecule is N#Cc1sc(N)nc1-c1ccc2ccccc2c1. The molecule has 4 heteroatoms. The standard InChI is InChI=1S/C14H9N3S/c15-8-12-13(17-14(16)18-12)11-6-5-9-3-1-2-4-10(9)7-11/h1-7H,(H2,16,17). The highest BCUT2D eigenvalue weighted by molar-refractivity contribution is 7.16. The van der Waals surface area contributed by atoms with Gasteiger partial charge in [-0.15, -0.1) is 0 Å². The lowest BCUT2D eigenvalue weighted by atomic mass is 10.0. The molecule has 0 amide bonds. The molecule has 0 radical (unpaired) electrons. The zero-order valence-electron chi connectivity index (χ0n) is 9.42. The summed E-state index contributed by atoms with van der Waals surface area (Å²) in [7, 11) is 0. The Balaban J connectivity index is 2.22. The number of benzene rings is 2. The van der Waals surface area contributed by atoms with Gasteiger partial charge in [0.15, 0.2) is 5.13 Å². The molecular formula is C14H9N3S. The van der Waals surface area contributed by atoms with E-state index in [4.69, 9.17) is 11.0 Å². The highest BCUT2D eigenvalue weighted by Crippen LogP contribution is 2.30. The molecule has 1 aromatic heterocycles. The molecule has 18 heavy (non-hydrogen) atoms. The summed E-state index contributed by atoms with van der Waals surface area (Å²) in [6, 6.07) is 16.3. The molecule has 0 aliphatic heterocycles. The number of hydrogen-bond acceptors (Lipinski definition) is 4. The lowest BCUT2D eigenvalue weighted by Gasteiger charge is -2.01. The number of nitrogen functional groups attached to an aromatic ring is 1. The Labute approximate surface area is 108 Å². The maximum absolute atomic E-state index is 9.07. The number of aromatic nitrogens is 1. The molecule has 3 rings (SSSR count). The van der Waals surface area contributed by atoms with Crippen LogP contribution < -0.4 is 5.73 Å². The van der Waals surface area contributed by atoms with Crippen LogP contribution in [0.2, 0.25) is 0 Å². The third-order valence-corrected chi connectivity index (χ3v) is 3.56. The second-order valence-corrected chi connectivity index (χ2v) is 4.93. The zero-order chi connectivity index (χ0) is 12.5. The molecule has 0 saturated heterocycles. The first-order valence-electron chi connectivity index (χ1n) is 5.43. The number of nitriles is 1. The van der Waals surface area contributed by atoms with Crippen LogP contribution in [-0.2, 0) is 0 Å². The van der Waals surface area contributed by atoms with Crippen molar-refractivity contribution in [3.8, 4) is 17.3 Å². The van der Waals surface area contributed by atoms with Crippen LogP contribution >= 0.6 is 11.3 Å². The van der Waals surface area contributed by atoms with Gasteiger partial charge in [-0.25, -0.2) is 4.98 Å². The third-order valence-electron chi connectivity index (χ3n) is 2.77. The highest BCUT2D eigenvalue weighted by Gasteiger charge is 2.11. The fourth-order valence-corrected chi connectivity index (χ4v) is 2.60. The number of anilines is 1. The van der Waals surface area contributed by atoms with Crippen molar-refractivity contribution in [2.75, 3.05) is 5.73 Å². The van der Waals surface area contributed by atoms with E-state index in [2.05, 4.69) is 17.1 Å². The van der Waals surface area contributed by atoms with Crippen molar-refractivity contribution in [2.45, 2.75) is 0 Å². The number of fused-ring (bicyclic) bond motifs is 1. The van der Waals surface area contributed by atoms with Gasteiger partial charge in [0, 0.05) is 5.56 Å². The van der Waals surface area contributed by atoms with Crippen molar-refractivity contribution < 1.29 is 0 Å². The van der Waals surface area contributed by atoms with Gasteiger partial charge in [0.1, 0.15) is 16.6 Å². The number of nitrogens with zero attached hydrogens (tertiary/aromatic N) is 2. The molecule has 0 saturated carbocycles. The maximum atomic E-state index is 9.07. The van der Waals surface area contributed by atoms with E-state index >= 15 is 0 Å². The highest BCUT2D eigenvalue weighted by atomic mass is 32.1. The minimum atomic E-state index is 0.426. The Bertz CT molecular complexity index is 768. The lowest BCUT2D eigenvalue weighted by molar-refractivity contribution is 1.40. The predicted octanol–water partition coefficient (Wildman–Crippen LogP) is 3.42. The van der Waals surface area contributed by atoms with E-state index in [-0.39, 0.29) is 0 Å². The van der Waals surface area contributed by atoms with Crippen molar-refractivity contribution in [2.24, 2.45) is 0 Å². The number of thiazole rings is 1. The largest absolute Gasteiger partial charge is 0.375 e. The van der Waals surface area contributed by atoms with Crippen LogP contribution in [0.3, 0.4) is 0 Å². The molecule has 0 atom stereocenters. The molecule has 3 aromatic rings. The van der Waals surface area contributed by atoms with E-state index in [0.29, 0.717) is 15.7 Å².